The van der Waals surface area contributed by atoms with Crippen LogP contribution in [0.3, 0.4) is 0 Å². The highest BCUT2D eigenvalue weighted by atomic mass is 79.9. The third kappa shape index (κ3) is 3.35. The molecule has 1 aliphatic rings. The molecule has 1 fully saturated rings. The monoisotopic (exact) mass is 370 g/mol. The van der Waals surface area contributed by atoms with Gasteiger partial charge in [-0.1, -0.05) is 18.0 Å². The summed E-state index contributed by atoms with van der Waals surface area (Å²) in [5.74, 6) is 0.362. The van der Waals surface area contributed by atoms with Crippen molar-refractivity contribution < 1.29 is 14.4 Å². The van der Waals surface area contributed by atoms with Gasteiger partial charge in [-0.15, -0.1) is 11.3 Å². The average Bonchev–Trinajstić information content (AvgIpc) is 3.11. The zero-order valence-corrected chi connectivity index (χ0v) is 13.7. The van der Waals surface area contributed by atoms with Crippen molar-refractivity contribution >= 4 is 33.2 Å². The Morgan fingerprint density at radius 1 is 1.48 bits per heavy atom. The first kappa shape index (κ1) is 14.7. The van der Waals surface area contributed by atoms with E-state index in [1.807, 2.05) is 11.4 Å². The van der Waals surface area contributed by atoms with E-state index in [1.54, 1.807) is 11.3 Å². The van der Waals surface area contributed by atoms with Crippen LogP contribution in [0.5, 0.6) is 0 Å². The predicted molar refractivity (Wildman–Crippen MR) is 82.2 cm³/mol. The highest BCUT2D eigenvalue weighted by Crippen LogP contribution is 2.43. The summed E-state index contributed by atoms with van der Waals surface area (Å²) < 4.78 is 6.33. The van der Waals surface area contributed by atoms with Gasteiger partial charge < -0.3 is 9.63 Å². The maximum atomic E-state index is 11.1. The lowest BCUT2D eigenvalue weighted by Crippen LogP contribution is -2.23. The number of carboxylic acids is 1. The van der Waals surface area contributed by atoms with Gasteiger partial charge >= 0.3 is 5.97 Å². The molecule has 2 heterocycles. The van der Waals surface area contributed by atoms with Crippen molar-refractivity contribution in [2.45, 2.75) is 38.5 Å². The molecule has 0 amide bonds. The highest BCUT2D eigenvalue weighted by Gasteiger charge is 2.38. The lowest BCUT2D eigenvalue weighted by Gasteiger charge is -2.24. The van der Waals surface area contributed by atoms with Crippen LogP contribution in [0.4, 0.5) is 0 Å². The Morgan fingerprint density at radius 2 is 2.24 bits per heavy atom. The zero-order chi connectivity index (χ0) is 14.9. The number of aromatic nitrogens is 2. The number of halogens is 1. The fraction of sp³-hybridized carbons (Fsp3) is 0.500. The molecule has 0 unspecified atom stereocenters. The largest absolute Gasteiger partial charge is 0.481 e. The van der Waals surface area contributed by atoms with Crippen molar-refractivity contribution in [2.24, 2.45) is 5.41 Å². The molecule has 0 atom stereocenters. The fourth-order valence-electron chi connectivity index (χ4n) is 3.04. The average molecular weight is 371 g/mol. The molecule has 112 valence electrons. The molecule has 2 aromatic heterocycles. The van der Waals surface area contributed by atoms with Gasteiger partial charge in [-0.05, 0) is 40.3 Å². The van der Waals surface area contributed by atoms with Crippen molar-refractivity contribution in [1.82, 2.24) is 10.1 Å². The van der Waals surface area contributed by atoms with E-state index in [-0.39, 0.29) is 11.8 Å². The number of aliphatic carboxylic acids is 1. The Hall–Kier alpha value is -1.21. The van der Waals surface area contributed by atoms with Gasteiger partial charge in [-0.2, -0.15) is 4.98 Å². The van der Waals surface area contributed by atoms with E-state index in [2.05, 4.69) is 26.1 Å². The Kier molecular flexibility index (Phi) is 4.12. The van der Waals surface area contributed by atoms with Gasteiger partial charge in [0.2, 0.25) is 11.7 Å². The Bertz CT molecular complexity index is 646. The minimum atomic E-state index is -0.751. The molecule has 1 saturated carbocycles. The molecule has 0 aromatic carbocycles. The molecule has 0 spiro atoms. The van der Waals surface area contributed by atoms with Gasteiger partial charge in [0.05, 0.1) is 11.3 Å². The Labute approximate surface area is 134 Å². The van der Waals surface area contributed by atoms with E-state index >= 15 is 0 Å². The van der Waals surface area contributed by atoms with E-state index in [4.69, 9.17) is 9.63 Å². The number of hydrogen-bond donors (Lipinski definition) is 1. The number of thiophene rings is 1. The van der Waals surface area contributed by atoms with Gasteiger partial charge in [0.25, 0.3) is 0 Å². The topological polar surface area (TPSA) is 76.2 Å². The van der Waals surface area contributed by atoms with Gasteiger partial charge in [-0.3, -0.25) is 4.79 Å². The highest BCUT2D eigenvalue weighted by molar-refractivity contribution is 9.10. The third-order valence-corrected chi connectivity index (χ3v) is 5.66. The number of carbonyl (C=O) groups is 1. The summed E-state index contributed by atoms with van der Waals surface area (Å²) in [6, 6.07) is 1.95. The van der Waals surface area contributed by atoms with Crippen LogP contribution in [0, 0.1) is 5.41 Å². The molecule has 7 heteroatoms. The summed E-state index contributed by atoms with van der Waals surface area (Å²) in [6.45, 7) is 0. The van der Waals surface area contributed by atoms with Crippen molar-refractivity contribution in [3.05, 3.63) is 21.8 Å². The van der Waals surface area contributed by atoms with Gasteiger partial charge in [0.1, 0.15) is 0 Å². The summed E-state index contributed by atoms with van der Waals surface area (Å²) in [7, 11) is 0. The van der Waals surface area contributed by atoms with Gasteiger partial charge in [0.15, 0.2) is 0 Å². The van der Waals surface area contributed by atoms with Crippen LogP contribution in [0.25, 0.3) is 10.7 Å². The maximum absolute atomic E-state index is 11.1. The zero-order valence-electron chi connectivity index (χ0n) is 11.3. The van der Waals surface area contributed by atoms with Crippen LogP contribution in [0.1, 0.15) is 38.0 Å². The van der Waals surface area contributed by atoms with E-state index in [0.717, 1.165) is 35.0 Å². The van der Waals surface area contributed by atoms with Crippen LogP contribution in [0.15, 0.2) is 20.4 Å². The number of hydrogen-bond acceptors (Lipinski definition) is 5. The van der Waals surface area contributed by atoms with E-state index in [1.165, 1.54) is 0 Å². The number of rotatable bonds is 5. The summed E-state index contributed by atoms with van der Waals surface area (Å²) >= 11 is 4.94. The standard InChI is InChI=1S/C14H15BrN2O3S/c15-9-5-10(21-8-9)13-16-11(20-17-13)6-14(7-12(18)19)3-1-2-4-14/h5,8H,1-4,6-7H2,(H,18,19). The summed E-state index contributed by atoms with van der Waals surface area (Å²) in [5, 5.41) is 15.1. The van der Waals surface area contributed by atoms with Gasteiger partial charge in [0, 0.05) is 16.3 Å². The van der Waals surface area contributed by atoms with Crippen LogP contribution in [-0.2, 0) is 11.2 Å². The first-order chi connectivity index (χ1) is 10.1. The van der Waals surface area contributed by atoms with E-state index in [9.17, 15) is 4.79 Å². The number of nitrogens with zero attached hydrogens (tertiary/aromatic N) is 2. The molecule has 1 N–H and O–H groups in total. The second kappa shape index (κ2) is 5.88. The van der Waals surface area contributed by atoms with Crippen LogP contribution < -0.4 is 0 Å². The first-order valence-electron chi connectivity index (χ1n) is 6.85. The summed E-state index contributed by atoms with van der Waals surface area (Å²) in [6.07, 6.45) is 4.72. The van der Waals surface area contributed by atoms with Crippen LogP contribution in [-0.4, -0.2) is 21.2 Å². The fourth-order valence-corrected chi connectivity index (χ4v) is 4.39. The summed E-state index contributed by atoms with van der Waals surface area (Å²) in [4.78, 5) is 16.5. The molecule has 21 heavy (non-hydrogen) atoms. The molecule has 0 aliphatic heterocycles. The molecule has 3 rings (SSSR count). The second-order valence-corrected chi connectivity index (χ2v) is 7.42. The van der Waals surface area contributed by atoms with E-state index in [0.29, 0.717) is 18.1 Å². The van der Waals surface area contributed by atoms with Gasteiger partial charge in [-0.25, -0.2) is 0 Å². The quantitative estimate of drug-likeness (QED) is 0.855. The Balaban J connectivity index is 1.78. The van der Waals surface area contributed by atoms with Crippen molar-refractivity contribution in [3.63, 3.8) is 0 Å². The van der Waals surface area contributed by atoms with Crippen molar-refractivity contribution in [2.75, 3.05) is 0 Å². The minimum Gasteiger partial charge on any atom is -0.481 e. The molecule has 0 radical (unpaired) electrons. The minimum absolute atomic E-state index is 0.176. The predicted octanol–water partition coefficient (Wildman–Crippen LogP) is 4.14. The Morgan fingerprint density at radius 3 is 2.86 bits per heavy atom. The van der Waals surface area contributed by atoms with Crippen LogP contribution in [0.2, 0.25) is 0 Å². The molecule has 0 bridgehead atoms. The maximum Gasteiger partial charge on any atom is 0.303 e. The smallest absolute Gasteiger partial charge is 0.303 e. The number of carboxylic acid groups (broad SMARTS) is 1. The third-order valence-electron chi connectivity index (χ3n) is 3.97. The molecule has 5 nitrogen and oxygen atoms in total. The second-order valence-electron chi connectivity index (χ2n) is 5.60. The molecule has 1 aliphatic carbocycles. The normalized spacial score (nSPS) is 17.2. The summed E-state index contributed by atoms with van der Waals surface area (Å²) in [5.41, 5.74) is -0.217. The SMILES string of the molecule is O=C(O)CC1(Cc2nc(-c3cc(Br)cs3)no2)CCCC1. The lowest BCUT2D eigenvalue weighted by atomic mass is 9.79. The molecule has 2 aromatic rings. The van der Waals surface area contributed by atoms with Crippen molar-refractivity contribution in [3.8, 4) is 10.7 Å². The molecule has 0 saturated heterocycles. The van der Waals surface area contributed by atoms with Crippen LogP contribution >= 0.6 is 27.3 Å². The molecular weight excluding hydrogens is 356 g/mol. The first-order valence-corrected chi connectivity index (χ1v) is 8.52. The van der Waals surface area contributed by atoms with E-state index < -0.39 is 5.97 Å². The van der Waals surface area contributed by atoms with Crippen molar-refractivity contribution in [1.29, 1.82) is 0 Å². The lowest BCUT2D eigenvalue weighted by molar-refractivity contribution is -0.139. The molecular formula is C14H15BrN2O3S.